The molecule has 0 fully saturated rings. The first-order valence-corrected chi connectivity index (χ1v) is 15.6. The van der Waals surface area contributed by atoms with Gasteiger partial charge in [-0.15, -0.1) is 0 Å². The first-order chi connectivity index (χ1) is 22.6. The Balaban J connectivity index is 1.17. The molecule has 0 aliphatic heterocycles. The standard InChI is InChI=1S/C35H32BrFN4O6/c1-4-46-35(44)20(2)39-32(42)16-22-7-13-31-29(15-22)41-34(47-31)24-8-12-28(27(37)18-24)38-19-21-5-10-25(11-6-21)40-33(43)23-9-14-30(45-3)26(36)17-23/h5-15,17-18,20,38H,4,16,19H2,1-3H3,(H,39,42)(H,40,43)/t20-/m0/s1. The van der Waals surface area contributed by atoms with Crippen LogP contribution in [0, 0.1) is 5.82 Å². The third kappa shape index (κ3) is 8.33. The molecule has 0 spiro atoms. The van der Waals surface area contributed by atoms with Gasteiger partial charge in [-0.1, -0.05) is 18.2 Å². The molecular weight excluding hydrogens is 671 g/mol. The summed E-state index contributed by atoms with van der Waals surface area (Å²) in [5.74, 6) is -0.697. The fourth-order valence-corrected chi connectivity index (χ4v) is 5.26. The normalized spacial score (nSPS) is 11.5. The molecule has 5 aromatic rings. The number of esters is 1. The molecule has 12 heteroatoms. The maximum absolute atomic E-state index is 15.1. The van der Waals surface area contributed by atoms with E-state index in [0.29, 0.717) is 55.9 Å². The number of carbonyl (C=O) groups excluding carboxylic acids is 3. The number of aromatic nitrogens is 1. The highest BCUT2D eigenvalue weighted by Crippen LogP contribution is 2.29. The van der Waals surface area contributed by atoms with E-state index in [1.54, 1.807) is 81.6 Å². The van der Waals surface area contributed by atoms with Crippen molar-refractivity contribution in [3.63, 3.8) is 0 Å². The highest BCUT2D eigenvalue weighted by Gasteiger charge is 2.18. The maximum Gasteiger partial charge on any atom is 0.328 e. The number of nitrogens with one attached hydrogen (secondary N) is 3. The molecule has 4 aromatic carbocycles. The van der Waals surface area contributed by atoms with Gasteiger partial charge in [0.1, 0.15) is 23.1 Å². The fourth-order valence-electron chi connectivity index (χ4n) is 4.72. The zero-order valence-corrected chi connectivity index (χ0v) is 27.4. The lowest BCUT2D eigenvalue weighted by molar-refractivity contribution is -0.146. The van der Waals surface area contributed by atoms with Gasteiger partial charge < -0.3 is 29.8 Å². The molecule has 0 radical (unpaired) electrons. The van der Waals surface area contributed by atoms with E-state index in [1.165, 1.54) is 6.07 Å². The van der Waals surface area contributed by atoms with Crippen LogP contribution >= 0.6 is 15.9 Å². The summed E-state index contributed by atoms with van der Waals surface area (Å²) in [6, 6.07) is 21.4. The summed E-state index contributed by atoms with van der Waals surface area (Å²) in [4.78, 5) is 41.3. The van der Waals surface area contributed by atoms with E-state index in [-0.39, 0.29) is 30.7 Å². The lowest BCUT2D eigenvalue weighted by atomic mass is 10.1. The van der Waals surface area contributed by atoms with Gasteiger partial charge in [-0.05, 0) is 102 Å². The number of nitrogens with zero attached hydrogens (tertiary/aromatic N) is 1. The quantitative estimate of drug-likeness (QED) is 0.120. The van der Waals surface area contributed by atoms with Gasteiger partial charge in [0.05, 0.1) is 30.3 Å². The second kappa shape index (κ2) is 14.9. The zero-order valence-electron chi connectivity index (χ0n) is 25.9. The third-order valence-corrected chi connectivity index (χ3v) is 7.78. The van der Waals surface area contributed by atoms with E-state index in [1.807, 2.05) is 12.1 Å². The fraction of sp³-hybridized carbons (Fsp3) is 0.200. The highest BCUT2D eigenvalue weighted by atomic mass is 79.9. The van der Waals surface area contributed by atoms with E-state index in [4.69, 9.17) is 13.9 Å². The lowest BCUT2D eigenvalue weighted by Crippen LogP contribution is -2.40. The van der Waals surface area contributed by atoms with Crippen LogP contribution in [0.5, 0.6) is 5.75 Å². The minimum atomic E-state index is -0.758. The smallest absolute Gasteiger partial charge is 0.328 e. The molecule has 1 heterocycles. The van der Waals surface area contributed by atoms with Gasteiger partial charge in [-0.25, -0.2) is 14.2 Å². The van der Waals surface area contributed by atoms with Crippen LogP contribution < -0.4 is 20.7 Å². The average Bonchev–Trinajstić information content (AvgIpc) is 3.48. The van der Waals surface area contributed by atoms with Crippen LogP contribution in [0.3, 0.4) is 0 Å². The molecule has 0 bridgehead atoms. The number of fused-ring (bicyclic) bond motifs is 1. The minimum absolute atomic E-state index is 0.0378. The summed E-state index contributed by atoms with van der Waals surface area (Å²) in [5.41, 5.74) is 4.43. The van der Waals surface area contributed by atoms with Crippen molar-refractivity contribution in [1.29, 1.82) is 0 Å². The topological polar surface area (TPSA) is 132 Å². The van der Waals surface area contributed by atoms with Gasteiger partial charge in [0, 0.05) is 23.4 Å². The third-order valence-electron chi connectivity index (χ3n) is 7.16. The molecule has 0 aliphatic carbocycles. The average molecular weight is 704 g/mol. The molecule has 5 rings (SSSR count). The van der Waals surface area contributed by atoms with E-state index >= 15 is 4.39 Å². The Bertz CT molecular complexity index is 1930. The Morgan fingerprint density at radius 3 is 2.45 bits per heavy atom. The predicted octanol–water partition coefficient (Wildman–Crippen LogP) is 6.88. The number of halogens is 2. The van der Waals surface area contributed by atoms with Crippen molar-refractivity contribution in [3.8, 4) is 17.2 Å². The van der Waals surface area contributed by atoms with Crippen LogP contribution in [0.4, 0.5) is 15.8 Å². The molecule has 1 aromatic heterocycles. The summed E-state index contributed by atoms with van der Waals surface area (Å²) >= 11 is 3.39. The second-order valence-corrected chi connectivity index (χ2v) is 11.4. The zero-order chi connectivity index (χ0) is 33.5. The van der Waals surface area contributed by atoms with E-state index < -0.39 is 17.8 Å². The molecule has 0 saturated carbocycles. The van der Waals surface area contributed by atoms with Crippen molar-refractivity contribution in [2.24, 2.45) is 0 Å². The number of carbonyl (C=O) groups is 3. The number of hydrogen-bond donors (Lipinski definition) is 3. The molecule has 10 nitrogen and oxygen atoms in total. The molecule has 1 atom stereocenters. The van der Waals surface area contributed by atoms with Crippen molar-refractivity contribution >= 4 is 56.2 Å². The number of ether oxygens (including phenoxy) is 2. The SMILES string of the molecule is CCOC(=O)[C@H](C)NC(=O)Cc1ccc2oc(-c3ccc(NCc4ccc(NC(=O)c5ccc(OC)c(Br)c5)cc4)c(F)c3)nc2c1. The first-order valence-electron chi connectivity index (χ1n) is 14.8. The first kappa shape index (κ1) is 33.1. The summed E-state index contributed by atoms with van der Waals surface area (Å²) in [6.45, 7) is 3.85. The number of benzene rings is 4. The number of anilines is 2. The Kier molecular flexibility index (Phi) is 10.5. The molecule has 0 aliphatic rings. The Morgan fingerprint density at radius 2 is 1.74 bits per heavy atom. The summed E-state index contributed by atoms with van der Waals surface area (Å²) in [7, 11) is 1.56. The molecule has 242 valence electrons. The van der Waals surface area contributed by atoms with Gasteiger partial charge in [-0.2, -0.15) is 0 Å². The summed E-state index contributed by atoms with van der Waals surface area (Å²) in [6.07, 6.45) is 0.0378. The number of oxazole rings is 1. The van der Waals surface area contributed by atoms with Crippen molar-refractivity contribution in [2.45, 2.75) is 32.9 Å². The Morgan fingerprint density at radius 1 is 0.979 bits per heavy atom. The second-order valence-electron chi connectivity index (χ2n) is 10.6. The van der Waals surface area contributed by atoms with Crippen molar-refractivity contribution in [1.82, 2.24) is 10.3 Å². The minimum Gasteiger partial charge on any atom is -0.496 e. The predicted molar refractivity (Wildman–Crippen MR) is 180 cm³/mol. The van der Waals surface area contributed by atoms with Gasteiger partial charge in [-0.3, -0.25) is 9.59 Å². The van der Waals surface area contributed by atoms with Crippen molar-refractivity contribution in [2.75, 3.05) is 24.4 Å². The van der Waals surface area contributed by atoms with Crippen LogP contribution in [0.2, 0.25) is 0 Å². The van der Waals surface area contributed by atoms with E-state index in [2.05, 4.69) is 36.9 Å². The van der Waals surface area contributed by atoms with Gasteiger partial charge in [0.25, 0.3) is 5.91 Å². The van der Waals surface area contributed by atoms with Crippen LogP contribution in [0.25, 0.3) is 22.6 Å². The Labute approximate surface area is 278 Å². The lowest BCUT2D eigenvalue weighted by Gasteiger charge is -2.12. The monoisotopic (exact) mass is 702 g/mol. The van der Waals surface area contributed by atoms with E-state index in [0.717, 1.165) is 5.56 Å². The molecule has 0 saturated heterocycles. The van der Waals surface area contributed by atoms with Crippen LogP contribution in [-0.4, -0.2) is 42.5 Å². The van der Waals surface area contributed by atoms with Gasteiger partial charge >= 0.3 is 5.97 Å². The number of hydrogen-bond acceptors (Lipinski definition) is 8. The number of methoxy groups -OCH3 is 1. The van der Waals surface area contributed by atoms with Gasteiger partial charge in [0.2, 0.25) is 11.8 Å². The molecular formula is C35H32BrFN4O6. The molecule has 2 amide bonds. The number of amides is 2. The van der Waals surface area contributed by atoms with Gasteiger partial charge in [0.15, 0.2) is 5.58 Å². The number of rotatable bonds is 12. The van der Waals surface area contributed by atoms with Crippen molar-refractivity contribution in [3.05, 3.63) is 106 Å². The molecule has 47 heavy (non-hydrogen) atoms. The molecule has 3 N–H and O–H groups in total. The summed E-state index contributed by atoms with van der Waals surface area (Å²) < 4.78 is 31.7. The summed E-state index contributed by atoms with van der Waals surface area (Å²) in [5, 5.41) is 8.57. The largest absolute Gasteiger partial charge is 0.496 e. The highest BCUT2D eigenvalue weighted by molar-refractivity contribution is 9.10. The van der Waals surface area contributed by atoms with Crippen molar-refractivity contribution < 1.29 is 32.7 Å². The molecule has 0 unspecified atom stereocenters. The van der Waals surface area contributed by atoms with E-state index in [9.17, 15) is 14.4 Å². The van der Waals surface area contributed by atoms with Crippen LogP contribution in [-0.2, 0) is 27.3 Å². The van der Waals surface area contributed by atoms with Crippen LogP contribution in [0.15, 0.2) is 87.8 Å². The maximum atomic E-state index is 15.1. The Hall–Kier alpha value is -5.23. The van der Waals surface area contributed by atoms with Crippen LogP contribution in [0.1, 0.15) is 35.3 Å².